The summed E-state index contributed by atoms with van der Waals surface area (Å²) < 4.78 is 7.26. The third-order valence-corrected chi connectivity index (χ3v) is 3.49. The van der Waals surface area contributed by atoms with E-state index < -0.39 is 0 Å². The molecule has 3 aromatic rings. The van der Waals surface area contributed by atoms with Gasteiger partial charge in [-0.15, -0.1) is 0 Å². The Hall–Kier alpha value is -2.87. The monoisotopic (exact) mass is 328 g/mol. The van der Waals surface area contributed by atoms with Gasteiger partial charge < -0.3 is 19.9 Å². The number of aromatic nitrogens is 4. The van der Waals surface area contributed by atoms with E-state index in [9.17, 15) is 4.79 Å². The van der Waals surface area contributed by atoms with Crippen LogP contribution in [0.5, 0.6) is 5.88 Å². The molecule has 8 nitrogen and oxygen atoms in total. The van der Waals surface area contributed by atoms with Crippen molar-refractivity contribution in [2.75, 3.05) is 32.6 Å². The summed E-state index contributed by atoms with van der Waals surface area (Å²) in [6, 6.07) is 5.37. The van der Waals surface area contributed by atoms with Gasteiger partial charge in [-0.3, -0.25) is 9.48 Å². The summed E-state index contributed by atoms with van der Waals surface area (Å²) in [5, 5.41) is 6.90. The second-order valence-electron chi connectivity index (χ2n) is 5.73. The summed E-state index contributed by atoms with van der Waals surface area (Å²) in [6.07, 6.45) is 3.40. The van der Waals surface area contributed by atoms with Gasteiger partial charge in [0.1, 0.15) is 12.1 Å². The van der Waals surface area contributed by atoms with Crippen LogP contribution in [0.2, 0.25) is 0 Å². The van der Waals surface area contributed by atoms with Gasteiger partial charge >= 0.3 is 0 Å². The second-order valence-corrected chi connectivity index (χ2v) is 5.73. The first-order chi connectivity index (χ1) is 11.5. The van der Waals surface area contributed by atoms with Gasteiger partial charge in [0.25, 0.3) is 5.91 Å². The Morgan fingerprint density at radius 3 is 2.92 bits per heavy atom. The van der Waals surface area contributed by atoms with Crippen LogP contribution in [-0.2, 0) is 7.05 Å². The van der Waals surface area contributed by atoms with Crippen molar-refractivity contribution < 1.29 is 9.53 Å². The van der Waals surface area contributed by atoms with E-state index in [4.69, 9.17) is 4.74 Å². The number of aryl methyl sites for hydroxylation is 1. The molecule has 0 fully saturated rings. The minimum atomic E-state index is -0.266. The average Bonchev–Trinajstić information content (AvgIpc) is 3.12. The number of likely N-dealkylation sites (N-methyl/N-ethyl adjacent to an activating group) is 1. The first kappa shape index (κ1) is 16.0. The van der Waals surface area contributed by atoms with Crippen LogP contribution in [0, 0.1) is 0 Å². The van der Waals surface area contributed by atoms with Crippen molar-refractivity contribution in [2.45, 2.75) is 0 Å². The number of rotatable bonds is 6. The zero-order chi connectivity index (χ0) is 17.1. The quantitative estimate of drug-likeness (QED) is 0.716. The van der Waals surface area contributed by atoms with Crippen LogP contribution < -0.4 is 10.1 Å². The maximum atomic E-state index is 12.4. The Bertz CT molecular complexity index is 851. The Kier molecular flexibility index (Phi) is 4.48. The SMILES string of the molecule is CN(C)CCOc1ccc2[nH]cc(C(=O)Nc3ccn(C)n3)c2n1. The summed E-state index contributed by atoms with van der Waals surface area (Å²) in [7, 11) is 5.75. The molecule has 24 heavy (non-hydrogen) atoms. The van der Waals surface area contributed by atoms with Gasteiger partial charge in [-0.2, -0.15) is 5.10 Å². The number of aromatic amines is 1. The first-order valence-corrected chi connectivity index (χ1v) is 7.59. The van der Waals surface area contributed by atoms with Crippen LogP contribution in [0.25, 0.3) is 11.0 Å². The highest BCUT2D eigenvalue weighted by atomic mass is 16.5. The maximum Gasteiger partial charge on any atom is 0.260 e. The van der Waals surface area contributed by atoms with E-state index in [-0.39, 0.29) is 5.91 Å². The van der Waals surface area contributed by atoms with E-state index in [1.54, 1.807) is 36.3 Å². The van der Waals surface area contributed by atoms with Crippen molar-refractivity contribution in [1.29, 1.82) is 0 Å². The molecule has 0 unspecified atom stereocenters. The largest absolute Gasteiger partial charge is 0.476 e. The number of anilines is 1. The average molecular weight is 328 g/mol. The molecule has 1 amide bonds. The molecule has 2 N–H and O–H groups in total. The first-order valence-electron chi connectivity index (χ1n) is 7.59. The zero-order valence-electron chi connectivity index (χ0n) is 13.9. The van der Waals surface area contributed by atoms with Gasteiger partial charge in [0.2, 0.25) is 5.88 Å². The summed E-state index contributed by atoms with van der Waals surface area (Å²) >= 11 is 0. The number of carbonyl (C=O) groups excluding carboxylic acids is 1. The van der Waals surface area contributed by atoms with Crippen LogP contribution in [0.1, 0.15) is 10.4 Å². The number of H-pyrrole nitrogens is 1. The molecule has 0 radical (unpaired) electrons. The smallest absolute Gasteiger partial charge is 0.260 e. The van der Waals surface area contributed by atoms with Gasteiger partial charge in [-0.1, -0.05) is 0 Å². The van der Waals surface area contributed by atoms with Gasteiger partial charge in [0.15, 0.2) is 5.82 Å². The highest BCUT2D eigenvalue weighted by Gasteiger charge is 2.15. The maximum absolute atomic E-state index is 12.4. The Balaban J connectivity index is 1.78. The number of amides is 1. The van der Waals surface area contributed by atoms with Crippen LogP contribution in [0.3, 0.4) is 0 Å². The van der Waals surface area contributed by atoms with Crippen molar-refractivity contribution in [1.82, 2.24) is 24.6 Å². The van der Waals surface area contributed by atoms with E-state index >= 15 is 0 Å². The molecule has 0 spiro atoms. The van der Waals surface area contributed by atoms with Gasteiger partial charge in [0, 0.05) is 38.1 Å². The zero-order valence-corrected chi connectivity index (χ0v) is 13.9. The third-order valence-electron chi connectivity index (χ3n) is 3.49. The van der Waals surface area contributed by atoms with E-state index in [1.165, 1.54) is 0 Å². The van der Waals surface area contributed by atoms with Gasteiger partial charge in [-0.25, -0.2) is 4.98 Å². The summed E-state index contributed by atoms with van der Waals surface area (Å²) in [4.78, 5) is 22.0. The molecule has 3 heterocycles. The lowest BCUT2D eigenvalue weighted by molar-refractivity contribution is 0.102. The molecule has 0 atom stereocenters. The number of pyridine rings is 1. The minimum Gasteiger partial charge on any atom is -0.476 e. The number of hydrogen-bond donors (Lipinski definition) is 2. The molecule has 0 aliphatic heterocycles. The fourth-order valence-electron chi connectivity index (χ4n) is 2.23. The highest BCUT2D eigenvalue weighted by molar-refractivity contribution is 6.11. The van der Waals surface area contributed by atoms with Crippen LogP contribution in [0.4, 0.5) is 5.82 Å². The number of ether oxygens (including phenoxy) is 1. The Morgan fingerprint density at radius 2 is 2.21 bits per heavy atom. The van der Waals surface area contributed by atoms with Crippen molar-refractivity contribution in [3.05, 3.63) is 36.2 Å². The number of carbonyl (C=O) groups is 1. The molecular formula is C16H20N6O2. The van der Waals surface area contributed by atoms with Crippen molar-refractivity contribution in [3.63, 3.8) is 0 Å². The van der Waals surface area contributed by atoms with Crippen LogP contribution >= 0.6 is 0 Å². The highest BCUT2D eigenvalue weighted by Crippen LogP contribution is 2.20. The summed E-state index contributed by atoms with van der Waals surface area (Å²) in [5.41, 5.74) is 1.81. The molecule has 0 aromatic carbocycles. The van der Waals surface area contributed by atoms with Crippen LogP contribution in [-0.4, -0.2) is 57.8 Å². The number of nitrogens with one attached hydrogen (secondary N) is 2. The molecular weight excluding hydrogens is 308 g/mol. The molecule has 0 aliphatic carbocycles. The Labute approximate surface area is 139 Å². The summed E-state index contributed by atoms with van der Waals surface area (Å²) in [6.45, 7) is 1.32. The van der Waals surface area contributed by atoms with Crippen LogP contribution in [0.15, 0.2) is 30.6 Å². The third kappa shape index (κ3) is 3.54. The lowest BCUT2D eigenvalue weighted by Crippen LogP contribution is -2.19. The van der Waals surface area contributed by atoms with Crippen molar-refractivity contribution in [3.8, 4) is 5.88 Å². The van der Waals surface area contributed by atoms with Crippen molar-refractivity contribution in [2.24, 2.45) is 7.05 Å². The predicted octanol–water partition coefficient (Wildman–Crippen LogP) is 1.49. The molecule has 0 saturated carbocycles. The predicted molar refractivity (Wildman–Crippen MR) is 91.3 cm³/mol. The van der Waals surface area contributed by atoms with E-state index in [0.717, 1.165) is 12.1 Å². The second kappa shape index (κ2) is 6.71. The van der Waals surface area contributed by atoms with Crippen molar-refractivity contribution >= 4 is 22.8 Å². The molecule has 8 heteroatoms. The lowest BCUT2D eigenvalue weighted by Gasteiger charge is -2.10. The number of hydrogen-bond acceptors (Lipinski definition) is 5. The molecule has 0 bridgehead atoms. The number of nitrogens with zero attached hydrogens (tertiary/aromatic N) is 4. The van der Waals surface area contributed by atoms with E-state index in [2.05, 4.69) is 20.4 Å². The molecule has 126 valence electrons. The molecule has 0 aliphatic rings. The molecule has 3 rings (SSSR count). The molecule has 0 saturated heterocycles. The fourth-order valence-corrected chi connectivity index (χ4v) is 2.23. The normalized spacial score (nSPS) is 11.2. The molecule has 3 aromatic heterocycles. The number of fused-ring (bicyclic) bond motifs is 1. The lowest BCUT2D eigenvalue weighted by atomic mass is 10.2. The van der Waals surface area contributed by atoms with Gasteiger partial charge in [0.05, 0.1) is 11.1 Å². The minimum absolute atomic E-state index is 0.266. The fraction of sp³-hybridized carbons (Fsp3) is 0.312. The van der Waals surface area contributed by atoms with Gasteiger partial charge in [-0.05, 0) is 20.2 Å². The topological polar surface area (TPSA) is 88.1 Å². The Morgan fingerprint density at radius 1 is 1.38 bits per heavy atom. The summed E-state index contributed by atoms with van der Waals surface area (Å²) in [5.74, 6) is 0.726. The standard InChI is InChI=1S/C16H20N6O2/c1-21(2)8-9-24-14-5-4-12-15(19-14)11(10-17-12)16(23)18-13-6-7-22(3)20-13/h4-7,10,17H,8-9H2,1-3H3,(H,18,20,23). The van der Waals surface area contributed by atoms with E-state index in [0.29, 0.717) is 29.4 Å². The van der Waals surface area contributed by atoms with E-state index in [1.807, 2.05) is 25.1 Å².